The van der Waals surface area contributed by atoms with Crippen molar-refractivity contribution in [2.45, 2.75) is 13.2 Å². The third kappa shape index (κ3) is 1.33. The average Bonchev–Trinajstić information content (AvgIpc) is 2.36. The molecule has 0 aliphatic heterocycles. The summed E-state index contributed by atoms with van der Waals surface area (Å²) in [6.45, 7) is 0.0149. The molecule has 4 heteroatoms. The highest BCUT2D eigenvalue weighted by atomic mass is 19.1. The van der Waals surface area contributed by atoms with E-state index in [2.05, 4.69) is 4.98 Å². The number of nitrogens with two attached hydrogens (primary N) is 1. The van der Waals surface area contributed by atoms with Gasteiger partial charge in [-0.3, -0.25) is 0 Å². The molecule has 0 bridgehead atoms. The molecule has 0 aliphatic carbocycles. The van der Waals surface area contributed by atoms with Crippen LogP contribution in [0.5, 0.6) is 0 Å². The Bertz CT molecular complexity index is 197. The van der Waals surface area contributed by atoms with Crippen molar-refractivity contribution in [3.05, 3.63) is 18.2 Å². The molecule has 0 atom stereocenters. The Labute approximate surface area is 58.7 Å². The molecule has 0 saturated heterocycles. The Morgan fingerprint density at radius 2 is 2.50 bits per heavy atom. The molecule has 0 aliphatic rings. The van der Waals surface area contributed by atoms with Crippen LogP contribution in [0.4, 0.5) is 4.39 Å². The number of halogens is 1. The summed E-state index contributed by atoms with van der Waals surface area (Å²) >= 11 is 0. The average molecular weight is 143 g/mol. The van der Waals surface area contributed by atoms with Crippen LogP contribution in [-0.2, 0) is 13.2 Å². The van der Waals surface area contributed by atoms with E-state index in [-0.39, 0.29) is 0 Å². The van der Waals surface area contributed by atoms with Gasteiger partial charge in [0, 0.05) is 18.3 Å². The first-order valence-corrected chi connectivity index (χ1v) is 3.13. The van der Waals surface area contributed by atoms with Crippen LogP contribution in [0.1, 0.15) is 5.69 Å². The van der Waals surface area contributed by atoms with E-state index in [1.807, 2.05) is 0 Å². The smallest absolute Gasteiger partial charge is 0.166 e. The van der Waals surface area contributed by atoms with Crippen LogP contribution in [0.2, 0.25) is 0 Å². The van der Waals surface area contributed by atoms with Gasteiger partial charge in [-0.05, 0) is 6.54 Å². The van der Waals surface area contributed by atoms with Crippen LogP contribution < -0.4 is 5.73 Å². The Balaban J connectivity index is 2.70. The van der Waals surface area contributed by atoms with Crippen LogP contribution in [0.15, 0.2) is 12.5 Å². The van der Waals surface area contributed by atoms with Crippen LogP contribution in [0, 0.1) is 0 Å². The maximum absolute atomic E-state index is 12.0. The van der Waals surface area contributed by atoms with E-state index >= 15 is 0 Å². The lowest BCUT2D eigenvalue weighted by Crippen LogP contribution is -2.07. The number of nitrogens with zero attached hydrogens (tertiary/aromatic N) is 2. The zero-order chi connectivity index (χ0) is 7.40. The molecule has 1 heterocycles. The summed E-state index contributed by atoms with van der Waals surface area (Å²) in [7, 11) is 0. The van der Waals surface area contributed by atoms with Gasteiger partial charge in [-0.2, -0.15) is 0 Å². The van der Waals surface area contributed by atoms with Gasteiger partial charge in [0.15, 0.2) is 6.80 Å². The predicted octanol–water partition coefficient (Wildman–Crippen LogP) is 0.311. The van der Waals surface area contributed by atoms with E-state index < -0.39 is 6.80 Å². The van der Waals surface area contributed by atoms with Gasteiger partial charge in [0.05, 0.1) is 6.33 Å². The first kappa shape index (κ1) is 7.21. The summed E-state index contributed by atoms with van der Waals surface area (Å²) < 4.78 is 13.5. The molecule has 56 valence electrons. The summed E-state index contributed by atoms with van der Waals surface area (Å²) in [4.78, 5) is 3.78. The molecular weight excluding hydrogens is 133 g/mol. The minimum atomic E-state index is -0.519. The lowest BCUT2D eigenvalue weighted by Gasteiger charge is -1.99. The molecule has 1 aromatic heterocycles. The quantitative estimate of drug-likeness (QED) is 0.661. The standard InChI is InChI=1S/C6H10FN3/c7-4-10-5-9-3-6(10)1-2-8/h3,5H,1-2,4,8H2. The molecule has 10 heavy (non-hydrogen) atoms. The molecule has 0 radical (unpaired) electrons. The Morgan fingerprint density at radius 3 is 3.10 bits per heavy atom. The van der Waals surface area contributed by atoms with Gasteiger partial charge in [0.1, 0.15) is 0 Å². The Kier molecular flexibility index (Phi) is 2.39. The zero-order valence-electron chi connectivity index (χ0n) is 5.63. The summed E-state index contributed by atoms with van der Waals surface area (Å²) in [5.74, 6) is 0. The van der Waals surface area contributed by atoms with Crippen molar-refractivity contribution in [3.8, 4) is 0 Å². The van der Waals surface area contributed by atoms with Crippen molar-refractivity contribution in [2.75, 3.05) is 6.54 Å². The van der Waals surface area contributed by atoms with Crippen molar-refractivity contribution in [2.24, 2.45) is 5.73 Å². The second-order valence-corrected chi connectivity index (χ2v) is 2.01. The minimum Gasteiger partial charge on any atom is -0.330 e. The molecule has 0 amide bonds. The van der Waals surface area contributed by atoms with Crippen LogP contribution in [0.3, 0.4) is 0 Å². The van der Waals surface area contributed by atoms with Crippen molar-refractivity contribution in [1.29, 1.82) is 0 Å². The maximum atomic E-state index is 12.0. The highest BCUT2D eigenvalue weighted by Gasteiger charge is 1.97. The van der Waals surface area contributed by atoms with Crippen molar-refractivity contribution in [3.63, 3.8) is 0 Å². The molecule has 0 spiro atoms. The van der Waals surface area contributed by atoms with Gasteiger partial charge in [-0.25, -0.2) is 9.37 Å². The first-order chi connectivity index (χ1) is 4.88. The SMILES string of the molecule is NCCc1cncn1CF. The molecule has 0 aromatic carbocycles. The number of hydrogen-bond acceptors (Lipinski definition) is 2. The second kappa shape index (κ2) is 3.31. The molecule has 3 nitrogen and oxygen atoms in total. The number of rotatable bonds is 3. The highest BCUT2D eigenvalue weighted by molar-refractivity contribution is 4.97. The molecule has 0 saturated carbocycles. The van der Waals surface area contributed by atoms with Crippen LogP contribution >= 0.6 is 0 Å². The number of alkyl halides is 1. The third-order valence-corrected chi connectivity index (χ3v) is 1.33. The molecule has 0 fully saturated rings. The van der Waals surface area contributed by atoms with E-state index in [1.54, 1.807) is 6.20 Å². The van der Waals surface area contributed by atoms with E-state index in [9.17, 15) is 4.39 Å². The number of imidazole rings is 1. The van der Waals surface area contributed by atoms with Crippen LogP contribution in [-0.4, -0.2) is 16.1 Å². The molecule has 0 unspecified atom stereocenters. The van der Waals surface area contributed by atoms with Gasteiger partial charge < -0.3 is 10.3 Å². The Morgan fingerprint density at radius 1 is 1.70 bits per heavy atom. The lowest BCUT2D eigenvalue weighted by atomic mass is 10.3. The summed E-state index contributed by atoms with van der Waals surface area (Å²) in [6, 6.07) is 0. The fourth-order valence-electron chi connectivity index (χ4n) is 0.812. The number of hydrogen-bond donors (Lipinski definition) is 1. The zero-order valence-corrected chi connectivity index (χ0v) is 5.63. The van der Waals surface area contributed by atoms with Gasteiger partial charge in [0.25, 0.3) is 0 Å². The van der Waals surface area contributed by atoms with Crippen molar-refractivity contribution < 1.29 is 4.39 Å². The van der Waals surface area contributed by atoms with Gasteiger partial charge in [0.2, 0.25) is 0 Å². The number of aromatic nitrogens is 2. The van der Waals surface area contributed by atoms with Gasteiger partial charge in [-0.15, -0.1) is 0 Å². The molecule has 1 rings (SSSR count). The highest BCUT2D eigenvalue weighted by Crippen LogP contribution is 1.98. The fraction of sp³-hybridized carbons (Fsp3) is 0.500. The maximum Gasteiger partial charge on any atom is 0.166 e. The lowest BCUT2D eigenvalue weighted by molar-refractivity contribution is 0.369. The first-order valence-electron chi connectivity index (χ1n) is 3.13. The van der Waals surface area contributed by atoms with Crippen molar-refractivity contribution in [1.82, 2.24) is 9.55 Å². The second-order valence-electron chi connectivity index (χ2n) is 2.01. The Hall–Kier alpha value is -0.900. The molecule has 1 aromatic rings. The van der Waals surface area contributed by atoms with E-state index in [0.717, 1.165) is 5.69 Å². The predicted molar refractivity (Wildman–Crippen MR) is 36.1 cm³/mol. The monoisotopic (exact) mass is 143 g/mol. The van der Waals surface area contributed by atoms with Gasteiger partial charge >= 0.3 is 0 Å². The minimum absolute atomic E-state index is 0.519. The summed E-state index contributed by atoms with van der Waals surface area (Å²) in [6.07, 6.45) is 3.78. The third-order valence-electron chi connectivity index (χ3n) is 1.33. The topological polar surface area (TPSA) is 43.8 Å². The summed E-state index contributed by atoms with van der Waals surface area (Å²) in [5.41, 5.74) is 6.13. The van der Waals surface area contributed by atoms with E-state index in [0.29, 0.717) is 13.0 Å². The van der Waals surface area contributed by atoms with E-state index in [4.69, 9.17) is 5.73 Å². The van der Waals surface area contributed by atoms with Crippen molar-refractivity contribution >= 4 is 0 Å². The fourth-order valence-corrected chi connectivity index (χ4v) is 0.812. The molecular formula is C6H10FN3. The van der Waals surface area contributed by atoms with E-state index in [1.165, 1.54) is 10.9 Å². The normalized spacial score (nSPS) is 10.2. The van der Waals surface area contributed by atoms with Crippen LogP contribution in [0.25, 0.3) is 0 Å². The summed E-state index contributed by atoms with van der Waals surface area (Å²) in [5, 5.41) is 0. The van der Waals surface area contributed by atoms with Gasteiger partial charge in [-0.1, -0.05) is 0 Å². The molecule has 2 N–H and O–H groups in total. The largest absolute Gasteiger partial charge is 0.330 e.